The molecule has 154 valence electrons. The van der Waals surface area contributed by atoms with Crippen molar-refractivity contribution in [3.05, 3.63) is 59.1 Å². The minimum atomic E-state index is -4.82. The number of rotatable bonds is 6. The molecule has 2 amide bonds. The lowest BCUT2D eigenvalue weighted by molar-refractivity contribution is -0.274. The number of hydrogen-bond acceptors (Lipinski definition) is 3. The van der Waals surface area contributed by atoms with Gasteiger partial charge in [0.05, 0.1) is 0 Å². The van der Waals surface area contributed by atoms with E-state index in [2.05, 4.69) is 10.1 Å². The van der Waals surface area contributed by atoms with Crippen molar-refractivity contribution in [2.75, 3.05) is 18.0 Å². The van der Waals surface area contributed by atoms with Gasteiger partial charge in [-0.05, 0) is 42.7 Å². The summed E-state index contributed by atoms with van der Waals surface area (Å²) in [5, 5.41) is 3.36. The minimum Gasteiger partial charge on any atom is -0.406 e. The third-order valence-corrected chi connectivity index (χ3v) is 4.76. The molecule has 1 fully saturated rings. The van der Waals surface area contributed by atoms with E-state index < -0.39 is 29.8 Å². The number of amides is 2. The van der Waals surface area contributed by atoms with Crippen LogP contribution in [0, 0.1) is 5.92 Å². The summed E-state index contributed by atoms with van der Waals surface area (Å²) in [6, 6.07) is 12.4. The summed E-state index contributed by atoms with van der Waals surface area (Å²) >= 11 is 5.83. The number of hydrogen-bond donors (Lipinski definition) is 1. The van der Waals surface area contributed by atoms with E-state index in [9.17, 15) is 22.8 Å². The second-order valence-corrected chi connectivity index (χ2v) is 6.98. The van der Waals surface area contributed by atoms with Crippen LogP contribution >= 0.6 is 11.6 Å². The first-order valence-corrected chi connectivity index (χ1v) is 9.30. The second kappa shape index (κ2) is 8.73. The Balaban J connectivity index is 1.57. The Labute approximate surface area is 170 Å². The van der Waals surface area contributed by atoms with Gasteiger partial charge in [-0.3, -0.25) is 9.59 Å². The highest BCUT2D eigenvalue weighted by molar-refractivity contribution is 6.30. The Morgan fingerprint density at radius 2 is 1.93 bits per heavy atom. The average Bonchev–Trinajstić information content (AvgIpc) is 3.03. The van der Waals surface area contributed by atoms with Crippen LogP contribution in [0.15, 0.2) is 48.5 Å². The molecule has 0 radical (unpaired) electrons. The highest BCUT2D eigenvalue weighted by Gasteiger charge is 2.38. The second-order valence-electron chi connectivity index (χ2n) is 6.54. The molecule has 0 spiro atoms. The van der Waals surface area contributed by atoms with Crippen LogP contribution in [-0.2, 0) is 16.0 Å². The van der Waals surface area contributed by atoms with E-state index in [1.54, 1.807) is 12.1 Å². The van der Waals surface area contributed by atoms with Gasteiger partial charge in [0.15, 0.2) is 0 Å². The van der Waals surface area contributed by atoms with Crippen LogP contribution in [0.4, 0.5) is 18.9 Å². The first-order valence-electron chi connectivity index (χ1n) is 8.92. The first-order chi connectivity index (χ1) is 13.7. The number of carbonyl (C=O) groups is 2. The summed E-state index contributed by atoms with van der Waals surface area (Å²) in [7, 11) is 0. The molecule has 1 atom stereocenters. The highest BCUT2D eigenvalue weighted by atomic mass is 35.5. The van der Waals surface area contributed by atoms with E-state index in [1.807, 2.05) is 12.1 Å². The van der Waals surface area contributed by atoms with Gasteiger partial charge in [-0.1, -0.05) is 29.8 Å². The number of nitrogens with one attached hydrogen (secondary N) is 1. The van der Waals surface area contributed by atoms with Crippen molar-refractivity contribution in [2.45, 2.75) is 19.2 Å². The van der Waals surface area contributed by atoms with Crippen molar-refractivity contribution in [3.63, 3.8) is 0 Å². The average molecular weight is 427 g/mol. The zero-order valence-electron chi connectivity index (χ0n) is 15.2. The maximum absolute atomic E-state index is 12.6. The van der Waals surface area contributed by atoms with Gasteiger partial charge in [-0.15, -0.1) is 13.2 Å². The molecule has 3 rings (SSSR count). The molecule has 0 bridgehead atoms. The van der Waals surface area contributed by atoms with Crippen LogP contribution in [0.3, 0.4) is 0 Å². The molecule has 0 aromatic heterocycles. The summed E-state index contributed by atoms with van der Waals surface area (Å²) in [5.41, 5.74) is 1.25. The molecule has 2 aromatic carbocycles. The SMILES string of the molecule is O=C(NCCc1ccc(Cl)cc1)C1CCN(c2cccc(OC(F)(F)F)c2)C1=O. The van der Waals surface area contributed by atoms with Gasteiger partial charge in [0.1, 0.15) is 11.7 Å². The Hall–Kier alpha value is -2.74. The van der Waals surface area contributed by atoms with Gasteiger partial charge >= 0.3 is 6.36 Å². The molecule has 2 aromatic rings. The molecule has 1 heterocycles. The van der Waals surface area contributed by atoms with Gasteiger partial charge in [0.25, 0.3) is 0 Å². The Kier molecular flexibility index (Phi) is 6.32. The molecule has 29 heavy (non-hydrogen) atoms. The highest BCUT2D eigenvalue weighted by Crippen LogP contribution is 2.30. The lowest BCUT2D eigenvalue weighted by atomic mass is 10.1. The number of benzene rings is 2. The van der Waals surface area contributed by atoms with E-state index >= 15 is 0 Å². The predicted octanol–water partition coefficient (Wildman–Crippen LogP) is 3.95. The molecule has 5 nitrogen and oxygen atoms in total. The van der Waals surface area contributed by atoms with Gasteiger partial charge in [-0.25, -0.2) is 0 Å². The fourth-order valence-electron chi connectivity index (χ4n) is 3.13. The largest absolute Gasteiger partial charge is 0.573 e. The van der Waals surface area contributed by atoms with Gasteiger partial charge < -0.3 is 15.0 Å². The number of ether oxygens (including phenoxy) is 1. The molecule has 9 heteroatoms. The van der Waals surface area contributed by atoms with E-state index in [1.165, 1.54) is 17.0 Å². The summed E-state index contributed by atoms with van der Waals surface area (Å²) < 4.78 is 41.1. The number of anilines is 1. The minimum absolute atomic E-state index is 0.240. The summed E-state index contributed by atoms with van der Waals surface area (Å²) in [5.74, 6) is -2.13. The van der Waals surface area contributed by atoms with Gasteiger partial charge in [0, 0.05) is 29.9 Å². The number of nitrogens with zero attached hydrogens (tertiary/aromatic N) is 1. The molecule has 1 aliphatic rings. The monoisotopic (exact) mass is 426 g/mol. The van der Waals surface area contributed by atoms with Crippen LogP contribution in [0.2, 0.25) is 5.02 Å². The third-order valence-electron chi connectivity index (χ3n) is 4.51. The molecule has 0 aliphatic carbocycles. The molecule has 1 N–H and O–H groups in total. The molecule has 0 saturated carbocycles. The maximum Gasteiger partial charge on any atom is 0.573 e. The zero-order valence-corrected chi connectivity index (χ0v) is 16.0. The van der Waals surface area contributed by atoms with Crippen molar-refractivity contribution in [3.8, 4) is 5.75 Å². The van der Waals surface area contributed by atoms with Crippen LogP contribution in [0.25, 0.3) is 0 Å². The Morgan fingerprint density at radius 1 is 1.21 bits per heavy atom. The number of halogens is 4. The van der Waals surface area contributed by atoms with Crippen LogP contribution in [-0.4, -0.2) is 31.3 Å². The van der Waals surface area contributed by atoms with Crippen LogP contribution in [0.1, 0.15) is 12.0 Å². The van der Waals surface area contributed by atoms with Crippen molar-refractivity contribution < 1.29 is 27.5 Å². The standard InChI is InChI=1S/C20H18ClF3N2O3/c21-14-6-4-13(5-7-14)8-10-25-18(27)17-9-11-26(19(17)28)15-2-1-3-16(12-15)29-20(22,23)24/h1-7,12,17H,8-11H2,(H,25,27). The molecule has 1 aliphatic heterocycles. The van der Waals surface area contributed by atoms with E-state index in [0.717, 1.165) is 17.7 Å². The van der Waals surface area contributed by atoms with E-state index in [0.29, 0.717) is 18.0 Å². The smallest absolute Gasteiger partial charge is 0.406 e. The quantitative estimate of drug-likeness (QED) is 0.711. The van der Waals surface area contributed by atoms with Crippen molar-refractivity contribution in [2.24, 2.45) is 5.92 Å². The summed E-state index contributed by atoms with van der Waals surface area (Å²) in [4.78, 5) is 26.3. The molecule has 1 unspecified atom stereocenters. The zero-order chi connectivity index (χ0) is 21.0. The molecular weight excluding hydrogens is 409 g/mol. The van der Waals surface area contributed by atoms with Crippen molar-refractivity contribution in [1.82, 2.24) is 5.32 Å². The number of alkyl halides is 3. The molecule has 1 saturated heterocycles. The summed E-state index contributed by atoms with van der Waals surface area (Å²) in [6.45, 7) is 0.600. The summed E-state index contributed by atoms with van der Waals surface area (Å²) in [6.07, 6.45) is -3.94. The van der Waals surface area contributed by atoms with Crippen molar-refractivity contribution in [1.29, 1.82) is 0 Å². The molecular formula is C20H18ClF3N2O3. The third kappa shape index (κ3) is 5.63. The van der Waals surface area contributed by atoms with E-state index in [4.69, 9.17) is 11.6 Å². The Bertz CT molecular complexity index is 887. The van der Waals surface area contributed by atoms with Crippen molar-refractivity contribution >= 4 is 29.1 Å². The van der Waals surface area contributed by atoms with E-state index in [-0.39, 0.29) is 18.7 Å². The van der Waals surface area contributed by atoms with Gasteiger partial charge in [-0.2, -0.15) is 0 Å². The van der Waals surface area contributed by atoms with Crippen LogP contribution in [0.5, 0.6) is 5.75 Å². The maximum atomic E-state index is 12.6. The lowest BCUT2D eigenvalue weighted by Crippen LogP contribution is -2.37. The number of carbonyl (C=O) groups excluding carboxylic acids is 2. The topological polar surface area (TPSA) is 58.6 Å². The fraction of sp³-hybridized carbons (Fsp3) is 0.300. The Morgan fingerprint density at radius 3 is 2.62 bits per heavy atom. The van der Waals surface area contributed by atoms with Crippen LogP contribution < -0.4 is 15.0 Å². The normalized spacial score (nSPS) is 16.8. The van der Waals surface area contributed by atoms with Gasteiger partial charge in [0.2, 0.25) is 11.8 Å². The fourth-order valence-corrected chi connectivity index (χ4v) is 3.26. The lowest BCUT2D eigenvalue weighted by Gasteiger charge is -2.18. The first kappa shape index (κ1) is 21.0. The predicted molar refractivity (Wildman–Crippen MR) is 102 cm³/mol.